The lowest BCUT2D eigenvalue weighted by atomic mass is 10.2. The van der Waals surface area contributed by atoms with Gasteiger partial charge in [-0.25, -0.2) is 23.1 Å². The van der Waals surface area contributed by atoms with Crippen LogP contribution in [-0.4, -0.2) is 30.4 Å². The molecule has 2 aromatic heterocycles. The molecule has 7 nitrogen and oxygen atoms in total. The summed E-state index contributed by atoms with van der Waals surface area (Å²) in [6.45, 7) is 2.08. The highest BCUT2D eigenvalue weighted by Gasteiger charge is 2.15. The number of aryl methyl sites for hydroxylation is 1. The molecule has 2 aromatic rings. The van der Waals surface area contributed by atoms with Gasteiger partial charge in [0.25, 0.3) is 0 Å². The molecular weight excluding hydrogens is 278 g/mol. The fraction of sp³-hybridized carbons (Fsp3) is 0.250. The molecule has 0 amide bonds. The van der Waals surface area contributed by atoms with Crippen molar-refractivity contribution in [2.45, 2.75) is 18.4 Å². The van der Waals surface area contributed by atoms with Gasteiger partial charge in [-0.3, -0.25) is 4.98 Å². The Morgan fingerprint density at radius 1 is 1.20 bits per heavy atom. The molecule has 2 heterocycles. The predicted octanol–water partition coefficient (Wildman–Crippen LogP) is 0.700. The second-order valence-electron chi connectivity index (χ2n) is 4.12. The Morgan fingerprint density at radius 2 is 1.90 bits per heavy atom. The first-order valence-electron chi connectivity index (χ1n) is 5.92. The van der Waals surface area contributed by atoms with E-state index in [1.807, 2.05) is 13.0 Å². The van der Waals surface area contributed by atoms with Crippen LogP contribution in [0.3, 0.4) is 0 Å². The molecule has 0 aliphatic rings. The first-order chi connectivity index (χ1) is 9.53. The highest BCUT2D eigenvalue weighted by molar-refractivity contribution is 7.89. The van der Waals surface area contributed by atoms with Crippen LogP contribution in [0.15, 0.2) is 35.7 Å². The molecule has 0 atom stereocenters. The Bertz CT molecular complexity index is 685. The van der Waals surface area contributed by atoms with Gasteiger partial charge in [-0.05, 0) is 24.1 Å². The van der Waals surface area contributed by atoms with Crippen LogP contribution < -0.4 is 10.0 Å². The zero-order valence-corrected chi connectivity index (χ0v) is 12.0. The lowest BCUT2D eigenvalue weighted by molar-refractivity contribution is 0.580. The van der Waals surface area contributed by atoms with Gasteiger partial charge in [0.05, 0.1) is 12.4 Å². The molecule has 0 unspecified atom stereocenters. The van der Waals surface area contributed by atoms with Crippen molar-refractivity contribution in [1.29, 1.82) is 0 Å². The second kappa shape index (κ2) is 5.93. The summed E-state index contributed by atoms with van der Waals surface area (Å²) in [7, 11) is -1.97. The lowest BCUT2D eigenvalue weighted by Crippen LogP contribution is -2.24. The van der Waals surface area contributed by atoms with Crippen molar-refractivity contribution in [2.24, 2.45) is 0 Å². The first kappa shape index (κ1) is 14.4. The quantitative estimate of drug-likeness (QED) is 0.842. The number of hydrogen-bond acceptors (Lipinski definition) is 6. The van der Waals surface area contributed by atoms with Crippen LogP contribution in [0.1, 0.15) is 11.1 Å². The number of nitrogens with one attached hydrogen (secondary N) is 2. The van der Waals surface area contributed by atoms with E-state index in [1.165, 1.54) is 12.4 Å². The minimum atomic E-state index is -3.63. The number of anilines is 1. The van der Waals surface area contributed by atoms with E-state index in [1.54, 1.807) is 19.4 Å². The fourth-order valence-corrected chi connectivity index (χ4v) is 2.42. The molecule has 20 heavy (non-hydrogen) atoms. The Labute approximate surface area is 117 Å². The van der Waals surface area contributed by atoms with Crippen LogP contribution in [0, 0.1) is 6.92 Å². The standard InChI is InChI=1S/C12H15N5O2S/c1-9-3-4-14-5-10(9)6-17-20(18,19)11-7-15-12(13-2)16-8-11/h3-5,7-8,17H,6H2,1-2H3,(H,13,15,16). The molecule has 0 saturated carbocycles. The van der Waals surface area contributed by atoms with Crippen LogP contribution in [0.2, 0.25) is 0 Å². The smallest absolute Gasteiger partial charge is 0.243 e. The van der Waals surface area contributed by atoms with E-state index in [9.17, 15) is 8.42 Å². The van der Waals surface area contributed by atoms with Crippen molar-refractivity contribution >= 4 is 16.0 Å². The zero-order valence-electron chi connectivity index (χ0n) is 11.2. The van der Waals surface area contributed by atoms with Gasteiger partial charge in [0.2, 0.25) is 16.0 Å². The summed E-state index contributed by atoms with van der Waals surface area (Å²) in [5, 5.41) is 2.73. The SMILES string of the molecule is CNc1ncc(S(=O)(=O)NCc2cnccc2C)cn1. The molecule has 0 aromatic carbocycles. The Morgan fingerprint density at radius 3 is 2.50 bits per heavy atom. The summed E-state index contributed by atoms with van der Waals surface area (Å²) in [5.41, 5.74) is 1.80. The molecule has 106 valence electrons. The number of aromatic nitrogens is 3. The summed E-state index contributed by atoms with van der Waals surface area (Å²) in [6, 6.07) is 1.83. The van der Waals surface area contributed by atoms with Gasteiger partial charge >= 0.3 is 0 Å². The number of pyridine rings is 1. The third kappa shape index (κ3) is 3.28. The molecular formula is C12H15N5O2S. The highest BCUT2D eigenvalue weighted by Crippen LogP contribution is 2.10. The van der Waals surface area contributed by atoms with Gasteiger partial charge in [0.15, 0.2) is 0 Å². The topological polar surface area (TPSA) is 96.9 Å². The van der Waals surface area contributed by atoms with E-state index in [-0.39, 0.29) is 11.4 Å². The maximum absolute atomic E-state index is 12.1. The lowest BCUT2D eigenvalue weighted by Gasteiger charge is -2.08. The van der Waals surface area contributed by atoms with Gasteiger partial charge in [0, 0.05) is 26.0 Å². The van der Waals surface area contributed by atoms with E-state index in [0.717, 1.165) is 11.1 Å². The maximum atomic E-state index is 12.1. The number of rotatable bonds is 5. The molecule has 0 radical (unpaired) electrons. The van der Waals surface area contributed by atoms with E-state index in [0.29, 0.717) is 5.95 Å². The summed E-state index contributed by atoms with van der Waals surface area (Å²) in [5.74, 6) is 0.368. The molecule has 0 fully saturated rings. The summed E-state index contributed by atoms with van der Waals surface area (Å²) in [6.07, 6.45) is 5.82. The largest absolute Gasteiger partial charge is 0.357 e. The summed E-state index contributed by atoms with van der Waals surface area (Å²) in [4.78, 5) is 11.8. The molecule has 0 aliphatic carbocycles. The predicted molar refractivity (Wildman–Crippen MR) is 74.6 cm³/mol. The van der Waals surface area contributed by atoms with Gasteiger partial charge < -0.3 is 5.32 Å². The van der Waals surface area contributed by atoms with Crippen molar-refractivity contribution in [3.8, 4) is 0 Å². The molecule has 8 heteroatoms. The van der Waals surface area contributed by atoms with E-state index >= 15 is 0 Å². The maximum Gasteiger partial charge on any atom is 0.243 e. The van der Waals surface area contributed by atoms with Gasteiger partial charge in [0.1, 0.15) is 4.90 Å². The first-order valence-corrected chi connectivity index (χ1v) is 7.40. The van der Waals surface area contributed by atoms with Crippen molar-refractivity contribution < 1.29 is 8.42 Å². The van der Waals surface area contributed by atoms with Crippen LogP contribution in [0.5, 0.6) is 0 Å². The summed E-state index contributed by atoms with van der Waals surface area (Å²) < 4.78 is 26.7. The average molecular weight is 293 g/mol. The third-order valence-electron chi connectivity index (χ3n) is 2.76. The number of nitrogens with zero attached hydrogens (tertiary/aromatic N) is 3. The van der Waals surface area contributed by atoms with Gasteiger partial charge in [-0.15, -0.1) is 0 Å². The third-order valence-corrected chi connectivity index (χ3v) is 4.12. The van der Waals surface area contributed by atoms with Crippen molar-refractivity contribution in [3.05, 3.63) is 42.0 Å². The number of hydrogen-bond donors (Lipinski definition) is 2. The molecule has 0 saturated heterocycles. The van der Waals surface area contributed by atoms with Crippen LogP contribution in [0.25, 0.3) is 0 Å². The molecule has 2 N–H and O–H groups in total. The molecule has 2 rings (SSSR count). The highest BCUT2D eigenvalue weighted by atomic mass is 32.2. The normalized spacial score (nSPS) is 11.3. The Kier molecular flexibility index (Phi) is 4.26. The Hall–Kier alpha value is -2.06. The van der Waals surface area contributed by atoms with Crippen LogP contribution in [-0.2, 0) is 16.6 Å². The molecule has 0 aliphatic heterocycles. The Balaban J connectivity index is 2.13. The minimum Gasteiger partial charge on any atom is -0.357 e. The van der Waals surface area contributed by atoms with Gasteiger partial charge in [-0.2, -0.15) is 0 Å². The fourth-order valence-electron chi connectivity index (χ4n) is 1.52. The van der Waals surface area contributed by atoms with Crippen molar-refractivity contribution in [1.82, 2.24) is 19.7 Å². The monoisotopic (exact) mass is 293 g/mol. The van der Waals surface area contributed by atoms with Crippen LogP contribution in [0.4, 0.5) is 5.95 Å². The molecule has 0 bridgehead atoms. The van der Waals surface area contributed by atoms with Crippen molar-refractivity contribution in [3.63, 3.8) is 0 Å². The zero-order chi connectivity index (χ0) is 14.6. The van der Waals surface area contributed by atoms with Gasteiger partial charge in [-0.1, -0.05) is 0 Å². The second-order valence-corrected chi connectivity index (χ2v) is 5.89. The van der Waals surface area contributed by atoms with E-state index in [4.69, 9.17) is 0 Å². The van der Waals surface area contributed by atoms with E-state index < -0.39 is 10.0 Å². The van der Waals surface area contributed by atoms with Crippen molar-refractivity contribution in [2.75, 3.05) is 12.4 Å². The molecule has 0 spiro atoms. The summed E-state index contributed by atoms with van der Waals surface area (Å²) >= 11 is 0. The van der Waals surface area contributed by atoms with E-state index in [2.05, 4.69) is 25.0 Å². The van der Waals surface area contributed by atoms with Crippen LogP contribution >= 0.6 is 0 Å². The minimum absolute atomic E-state index is 0.0260. The number of sulfonamides is 1. The average Bonchev–Trinajstić information content (AvgIpc) is 2.46.